The molecule has 0 saturated carbocycles. The molecular weight excluding hydrogens is 260 g/mol. The van der Waals surface area contributed by atoms with Crippen molar-refractivity contribution in [3.05, 3.63) is 65.5 Å². The van der Waals surface area contributed by atoms with Crippen LogP contribution >= 0.6 is 0 Å². The van der Waals surface area contributed by atoms with Gasteiger partial charge in [-0.2, -0.15) is 0 Å². The second-order valence-electron chi connectivity index (χ2n) is 5.77. The van der Waals surface area contributed by atoms with Crippen LogP contribution in [0.15, 0.2) is 48.8 Å². The zero-order valence-electron chi connectivity index (χ0n) is 12.8. The number of hydrogen-bond acceptors (Lipinski definition) is 2. The summed E-state index contributed by atoms with van der Waals surface area (Å²) in [4.78, 5) is 16.0. The number of carbonyl (C=O) groups is 1. The Kier molecular flexibility index (Phi) is 5.09. The SMILES string of the molecule is CC(C)Cc1ccc(C(C)NC(=O)c2ccncc2)cc1. The average molecular weight is 282 g/mol. The number of hydrogen-bond donors (Lipinski definition) is 1. The van der Waals surface area contributed by atoms with Crippen LogP contribution in [0.3, 0.4) is 0 Å². The van der Waals surface area contributed by atoms with Crippen LogP contribution in [0.25, 0.3) is 0 Å². The Labute approximate surface area is 126 Å². The Balaban J connectivity index is 2.00. The second-order valence-corrected chi connectivity index (χ2v) is 5.77. The fraction of sp³-hybridized carbons (Fsp3) is 0.333. The van der Waals surface area contributed by atoms with Gasteiger partial charge in [0, 0.05) is 18.0 Å². The molecule has 1 N–H and O–H groups in total. The molecule has 0 fully saturated rings. The number of rotatable bonds is 5. The van der Waals surface area contributed by atoms with Crippen molar-refractivity contribution in [3.8, 4) is 0 Å². The minimum Gasteiger partial charge on any atom is -0.346 e. The normalized spacial score (nSPS) is 12.2. The van der Waals surface area contributed by atoms with Crippen LogP contribution in [0.2, 0.25) is 0 Å². The van der Waals surface area contributed by atoms with E-state index in [1.165, 1.54) is 5.56 Å². The lowest BCUT2D eigenvalue weighted by molar-refractivity contribution is 0.0940. The summed E-state index contributed by atoms with van der Waals surface area (Å²) < 4.78 is 0. The summed E-state index contributed by atoms with van der Waals surface area (Å²) in [5.74, 6) is 0.579. The number of pyridine rings is 1. The minimum absolute atomic E-state index is 0.0150. The van der Waals surface area contributed by atoms with E-state index in [9.17, 15) is 4.79 Å². The first-order valence-corrected chi connectivity index (χ1v) is 7.36. The molecule has 0 aliphatic carbocycles. The van der Waals surface area contributed by atoms with Gasteiger partial charge in [-0.3, -0.25) is 9.78 Å². The molecule has 1 aromatic carbocycles. The van der Waals surface area contributed by atoms with Crippen LogP contribution in [0, 0.1) is 5.92 Å². The van der Waals surface area contributed by atoms with Gasteiger partial charge in [-0.15, -0.1) is 0 Å². The van der Waals surface area contributed by atoms with Crippen molar-refractivity contribution < 1.29 is 4.79 Å². The van der Waals surface area contributed by atoms with Gasteiger partial charge < -0.3 is 5.32 Å². The fourth-order valence-electron chi connectivity index (χ4n) is 2.28. The molecule has 0 radical (unpaired) electrons. The van der Waals surface area contributed by atoms with Crippen molar-refractivity contribution >= 4 is 5.91 Å². The smallest absolute Gasteiger partial charge is 0.251 e. The summed E-state index contributed by atoms with van der Waals surface area (Å²) >= 11 is 0. The van der Waals surface area contributed by atoms with Gasteiger partial charge in [-0.25, -0.2) is 0 Å². The van der Waals surface area contributed by atoms with E-state index in [1.54, 1.807) is 24.5 Å². The lowest BCUT2D eigenvalue weighted by Crippen LogP contribution is -2.26. The van der Waals surface area contributed by atoms with E-state index in [0.29, 0.717) is 11.5 Å². The van der Waals surface area contributed by atoms with E-state index in [2.05, 4.69) is 48.4 Å². The largest absolute Gasteiger partial charge is 0.346 e. The molecule has 3 heteroatoms. The number of benzene rings is 1. The highest BCUT2D eigenvalue weighted by Gasteiger charge is 2.11. The van der Waals surface area contributed by atoms with Crippen LogP contribution in [0.4, 0.5) is 0 Å². The Morgan fingerprint density at radius 2 is 1.67 bits per heavy atom. The molecule has 0 aliphatic rings. The van der Waals surface area contributed by atoms with Gasteiger partial charge in [0.05, 0.1) is 6.04 Å². The molecule has 0 spiro atoms. The molecule has 0 bridgehead atoms. The van der Waals surface area contributed by atoms with Gasteiger partial charge in [0.15, 0.2) is 0 Å². The van der Waals surface area contributed by atoms with Crippen molar-refractivity contribution in [1.29, 1.82) is 0 Å². The highest BCUT2D eigenvalue weighted by molar-refractivity contribution is 5.94. The molecule has 2 rings (SSSR count). The van der Waals surface area contributed by atoms with Crippen LogP contribution in [-0.4, -0.2) is 10.9 Å². The molecule has 1 amide bonds. The highest BCUT2D eigenvalue weighted by atomic mass is 16.1. The van der Waals surface area contributed by atoms with Crippen LogP contribution < -0.4 is 5.32 Å². The maximum atomic E-state index is 12.1. The number of nitrogens with zero attached hydrogens (tertiary/aromatic N) is 1. The van der Waals surface area contributed by atoms with E-state index in [4.69, 9.17) is 0 Å². The zero-order chi connectivity index (χ0) is 15.2. The third-order valence-electron chi connectivity index (χ3n) is 3.41. The van der Waals surface area contributed by atoms with Gasteiger partial charge in [0.1, 0.15) is 0 Å². The Bertz CT molecular complexity index is 576. The quantitative estimate of drug-likeness (QED) is 0.907. The van der Waals surface area contributed by atoms with Gasteiger partial charge in [-0.1, -0.05) is 38.1 Å². The summed E-state index contributed by atoms with van der Waals surface area (Å²) in [5, 5.41) is 3.01. The van der Waals surface area contributed by atoms with Crippen LogP contribution in [-0.2, 0) is 6.42 Å². The predicted molar refractivity (Wildman–Crippen MR) is 85.1 cm³/mol. The number of nitrogens with one attached hydrogen (secondary N) is 1. The van der Waals surface area contributed by atoms with Crippen LogP contribution in [0.1, 0.15) is 48.3 Å². The molecule has 1 atom stereocenters. The van der Waals surface area contributed by atoms with E-state index >= 15 is 0 Å². The maximum absolute atomic E-state index is 12.1. The topological polar surface area (TPSA) is 42.0 Å². The summed E-state index contributed by atoms with van der Waals surface area (Å²) in [7, 11) is 0. The molecule has 1 unspecified atom stereocenters. The molecule has 21 heavy (non-hydrogen) atoms. The van der Waals surface area contributed by atoms with Gasteiger partial charge >= 0.3 is 0 Å². The molecule has 2 aromatic rings. The highest BCUT2D eigenvalue weighted by Crippen LogP contribution is 2.16. The maximum Gasteiger partial charge on any atom is 0.251 e. The molecule has 3 nitrogen and oxygen atoms in total. The molecule has 0 aliphatic heterocycles. The Hall–Kier alpha value is -2.16. The Morgan fingerprint density at radius 1 is 1.05 bits per heavy atom. The number of carbonyl (C=O) groups excluding carboxylic acids is 1. The first-order valence-electron chi connectivity index (χ1n) is 7.36. The lowest BCUT2D eigenvalue weighted by atomic mass is 10.00. The van der Waals surface area contributed by atoms with Gasteiger partial charge in [0.25, 0.3) is 5.91 Å². The summed E-state index contributed by atoms with van der Waals surface area (Å²) in [5.41, 5.74) is 3.08. The van der Waals surface area contributed by atoms with E-state index < -0.39 is 0 Å². The van der Waals surface area contributed by atoms with Gasteiger partial charge in [0.2, 0.25) is 0 Å². The van der Waals surface area contributed by atoms with Crippen molar-refractivity contribution in [2.45, 2.75) is 33.2 Å². The molecule has 1 aromatic heterocycles. The molecule has 1 heterocycles. The van der Waals surface area contributed by atoms with E-state index in [-0.39, 0.29) is 11.9 Å². The van der Waals surface area contributed by atoms with E-state index in [0.717, 1.165) is 12.0 Å². The minimum atomic E-state index is -0.0730. The summed E-state index contributed by atoms with van der Waals surface area (Å²) in [6.07, 6.45) is 4.33. The molecule has 110 valence electrons. The summed E-state index contributed by atoms with van der Waals surface area (Å²) in [6, 6.07) is 11.9. The van der Waals surface area contributed by atoms with Crippen molar-refractivity contribution in [1.82, 2.24) is 10.3 Å². The van der Waals surface area contributed by atoms with Crippen molar-refractivity contribution in [3.63, 3.8) is 0 Å². The fourth-order valence-corrected chi connectivity index (χ4v) is 2.28. The summed E-state index contributed by atoms with van der Waals surface area (Å²) in [6.45, 7) is 6.42. The lowest BCUT2D eigenvalue weighted by Gasteiger charge is -2.15. The first kappa shape index (κ1) is 15.2. The molecular formula is C18H22N2O. The predicted octanol–water partition coefficient (Wildman–Crippen LogP) is 3.77. The third-order valence-corrected chi connectivity index (χ3v) is 3.41. The monoisotopic (exact) mass is 282 g/mol. The van der Waals surface area contributed by atoms with Crippen LogP contribution in [0.5, 0.6) is 0 Å². The third kappa shape index (κ3) is 4.42. The zero-order valence-corrected chi connectivity index (χ0v) is 12.8. The second kappa shape index (κ2) is 7.02. The first-order chi connectivity index (χ1) is 10.1. The standard InChI is InChI=1S/C18H22N2O/c1-13(2)12-15-4-6-16(7-5-15)14(3)20-18(21)17-8-10-19-11-9-17/h4-11,13-14H,12H2,1-3H3,(H,20,21). The Morgan fingerprint density at radius 3 is 2.24 bits per heavy atom. The number of amides is 1. The molecule has 0 saturated heterocycles. The van der Waals surface area contributed by atoms with Crippen molar-refractivity contribution in [2.75, 3.05) is 0 Å². The van der Waals surface area contributed by atoms with E-state index in [1.807, 2.05) is 6.92 Å². The van der Waals surface area contributed by atoms with Crippen molar-refractivity contribution in [2.24, 2.45) is 5.92 Å². The number of aromatic nitrogens is 1. The van der Waals surface area contributed by atoms with Gasteiger partial charge in [-0.05, 0) is 42.5 Å². The average Bonchev–Trinajstić information content (AvgIpc) is 2.48.